The van der Waals surface area contributed by atoms with Crippen LogP contribution in [0.25, 0.3) is 0 Å². The van der Waals surface area contributed by atoms with E-state index in [0.29, 0.717) is 11.0 Å². The molecule has 1 atom stereocenters. The van der Waals surface area contributed by atoms with Gasteiger partial charge in [-0.1, -0.05) is 42.5 Å². The van der Waals surface area contributed by atoms with Gasteiger partial charge in [0.1, 0.15) is 0 Å². The highest BCUT2D eigenvalue weighted by Gasteiger charge is 2.25. The first-order valence-electron chi connectivity index (χ1n) is 6.34. The molecule has 0 bridgehead atoms. The molecule has 2 N–H and O–H groups in total. The SMILES string of the molecule is NC(=S)C1CCCN1CCCc1ccccc1. The van der Waals surface area contributed by atoms with E-state index in [-0.39, 0.29) is 0 Å². The van der Waals surface area contributed by atoms with E-state index in [9.17, 15) is 0 Å². The van der Waals surface area contributed by atoms with Gasteiger partial charge >= 0.3 is 0 Å². The van der Waals surface area contributed by atoms with E-state index in [1.807, 2.05) is 0 Å². The second-order valence-corrected chi connectivity index (χ2v) is 5.16. The Kier molecular flexibility index (Phi) is 4.51. The lowest BCUT2D eigenvalue weighted by atomic mass is 10.1. The van der Waals surface area contributed by atoms with Crippen LogP contribution in [0, 0.1) is 0 Å². The lowest BCUT2D eigenvalue weighted by molar-refractivity contribution is 0.299. The smallest absolute Gasteiger partial charge is 0.0902 e. The van der Waals surface area contributed by atoms with Crippen LogP contribution in [0.1, 0.15) is 24.8 Å². The summed E-state index contributed by atoms with van der Waals surface area (Å²) in [6.45, 7) is 2.26. The number of thiocarbonyl (C=S) groups is 1. The molecule has 0 amide bonds. The monoisotopic (exact) mass is 248 g/mol. The molecule has 1 aliphatic rings. The van der Waals surface area contributed by atoms with Crippen LogP contribution in [-0.2, 0) is 6.42 Å². The number of hydrogen-bond acceptors (Lipinski definition) is 2. The maximum Gasteiger partial charge on any atom is 0.0902 e. The second kappa shape index (κ2) is 6.12. The second-order valence-electron chi connectivity index (χ2n) is 4.69. The first kappa shape index (κ1) is 12.5. The Balaban J connectivity index is 1.77. The number of hydrogen-bond donors (Lipinski definition) is 1. The van der Waals surface area contributed by atoms with Gasteiger partial charge in [-0.25, -0.2) is 0 Å². The topological polar surface area (TPSA) is 29.3 Å². The standard InChI is InChI=1S/C14H20N2S/c15-14(17)13-9-5-11-16(13)10-4-8-12-6-2-1-3-7-12/h1-3,6-7,13H,4-5,8-11H2,(H2,15,17). The quantitative estimate of drug-likeness (QED) is 0.811. The van der Waals surface area contributed by atoms with Crippen molar-refractivity contribution in [2.75, 3.05) is 13.1 Å². The van der Waals surface area contributed by atoms with E-state index in [1.54, 1.807) is 0 Å². The molecule has 1 aliphatic heterocycles. The van der Waals surface area contributed by atoms with Gasteiger partial charge in [0.05, 0.1) is 11.0 Å². The summed E-state index contributed by atoms with van der Waals surface area (Å²) in [5, 5.41) is 0. The predicted molar refractivity (Wildman–Crippen MR) is 76.1 cm³/mol. The minimum absolute atomic E-state index is 0.348. The summed E-state index contributed by atoms with van der Waals surface area (Å²) < 4.78 is 0. The summed E-state index contributed by atoms with van der Waals surface area (Å²) in [4.78, 5) is 3.10. The molecule has 1 heterocycles. The summed E-state index contributed by atoms with van der Waals surface area (Å²) in [6, 6.07) is 11.0. The van der Waals surface area contributed by atoms with Gasteiger partial charge in [-0.15, -0.1) is 0 Å². The van der Waals surface area contributed by atoms with Gasteiger partial charge in [0.2, 0.25) is 0 Å². The van der Waals surface area contributed by atoms with Crippen molar-refractivity contribution in [3.8, 4) is 0 Å². The number of rotatable bonds is 5. The lowest BCUT2D eigenvalue weighted by Crippen LogP contribution is -2.39. The summed E-state index contributed by atoms with van der Waals surface area (Å²) in [5.74, 6) is 0. The Hall–Kier alpha value is -0.930. The first-order chi connectivity index (χ1) is 8.27. The van der Waals surface area contributed by atoms with Crippen LogP contribution < -0.4 is 5.73 Å². The third kappa shape index (κ3) is 3.51. The highest BCUT2D eigenvalue weighted by molar-refractivity contribution is 7.80. The molecule has 1 saturated heterocycles. The summed E-state index contributed by atoms with van der Waals surface area (Å²) in [7, 11) is 0. The van der Waals surface area contributed by atoms with Crippen molar-refractivity contribution < 1.29 is 0 Å². The molecule has 0 aromatic heterocycles. The lowest BCUT2D eigenvalue weighted by Gasteiger charge is -2.23. The van der Waals surface area contributed by atoms with E-state index in [4.69, 9.17) is 18.0 Å². The van der Waals surface area contributed by atoms with E-state index in [0.717, 1.165) is 25.9 Å². The van der Waals surface area contributed by atoms with Crippen LogP contribution in [0.4, 0.5) is 0 Å². The van der Waals surface area contributed by atoms with E-state index in [2.05, 4.69) is 35.2 Å². The van der Waals surface area contributed by atoms with Crippen molar-refractivity contribution in [2.45, 2.75) is 31.7 Å². The van der Waals surface area contributed by atoms with Gasteiger partial charge in [-0.05, 0) is 44.3 Å². The summed E-state index contributed by atoms with van der Waals surface area (Å²) in [6.07, 6.45) is 4.69. The van der Waals surface area contributed by atoms with Gasteiger partial charge in [0.25, 0.3) is 0 Å². The molecule has 3 heteroatoms. The van der Waals surface area contributed by atoms with E-state index < -0.39 is 0 Å². The Morgan fingerprint density at radius 3 is 2.82 bits per heavy atom. The molecule has 0 radical (unpaired) electrons. The maximum absolute atomic E-state index is 5.76. The van der Waals surface area contributed by atoms with E-state index >= 15 is 0 Å². The molecule has 1 unspecified atom stereocenters. The van der Waals surface area contributed by atoms with Crippen molar-refractivity contribution in [3.63, 3.8) is 0 Å². The van der Waals surface area contributed by atoms with Crippen molar-refractivity contribution >= 4 is 17.2 Å². The Morgan fingerprint density at radius 1 is 1.35 bits per heavy atom. The van der Waals surface area contributed by atoms with Crippen LogP contribution in [0.5, 0.6) is 0 Å². The van der Waals surface area contributed by atoms with Crippen LogP contribution in [0.2, 0.25) is 0 Å². The van der Waals surface area contributed by atoms with Crippen molar-refractivity contribution in [2.24, 2.45) is 5.73 Å². The molecule has 17 heavy (non-hydrogen) atoms. The van der Waals surface area contributed by atoms with Gasteiger partial charge in [0.15, 0.2) is 0 Å². The maximum atomic E-state index is 5.76. The normalized spacial score (nSPS) is 20.6. The molecular weight excluding hydrogens is 228 g/mol. The van der Waals surface area contributed by atoms with Crippen LogP contribution in [-0.4, -0.2) is 29.0 Å². The molecular formula is C14H20N2S. The third-order valence-electron chi connectivity index (χ3n) is 3.45. The number of benzene rings is 1. The number of likely N-dealkylation sites (tertiary alicyclic amines) is 1. The van der Waals surface area contributed by atoms with Gasteiger partial charge in [-0.3, -0.25) is 4.90 Å². The van der Waals surface area contributed by atoms with Gasteiger partial charge in [-0.2, -0.15) is 0 Å². The predicted octanol–water partition coefficient (Wildman–Crippen LogP) is 2.37. The molecule has 0 spiro atoms. The van der Waals surface area contributed by atoms with Crippen LogP contribution in [0.3, 0.4) is 0 Å². The summed E-state index contributed by atoms with van der Waals surface area (Å²) >= 11 is 5.11. The Labute approximate surface area is 109 Å². The molecule has 0 saturated carbocycles. The third-order valence-corrected chi connectivity index (χ3v) is 3.72. The molecule has 1 aromatic carbocycles. The van der Waals surface area contributed by atoms with E-state index in [1.165, 1.54) is 18.4 Å². The molecule has 2 nitrogen and oxygen atoms in total. The Morgan fingerprint density at radius 2 is 2.12 bits per heavy atom. The van der Waals surface area contributed by atoms with Crippen molar-refractivity contribution in [1.29, 1.82) is 0 Å². The fourth-order valence-electron chi connectivity index (χ4n) is 2.55. The summed E-state index contributed by atoms with van der Waals surface area (Å²) in [5.41, 5.74) is 7.18. The number of nitrogens with zero attached hydrogens (tertiary/aromatic N) is 1. The molecule has 2 rings (SSSR count). The fourth-order valence-corrected chi connectivity index (χ4v) is 2.81. The Bertz CT molecular complexity index is 364. The number of nitrogens with two attached hydrogens (primary N) is 1. The zero-order valence-electron chi connectivity index (χ0n) is 10.1. The largest absolute Gasteiger partial charge is 0.392 e. The fraction of sp³-hybridized carbons (Fsp3) is 0.500. The molecule has 0 aliphatic carbocycles. The highest BCUT2D eigenvalue weighted by atomic mass is 32.1. The first-order valence-corrected chi connectivity index (χ1v) is 6.75. The average molecular weight is 248 g/mol. The van der Waals surface area contributed by atoms with Gasteiger partial charge in [0, 0.05) is 0 Å². The van der Waals surface area contributed by atoms with Gasteiger partial charge < -0.3 is 5.73 Å². The zero-order valence-corrected chi connectivity index (χ0v) is 11.0. The highest BCUT2D eigenvalue weighted by Crippen LogP contribution is 2.18. The van der Waals surface area contributed by atoms with Crippen LogP contribution >= 0.6 is 12.2 Å². The minimum Gasteiger partial charge on any atom is -0.392 e. The molecule has 92 valence electrons. The molecule has 1 fully saturated rings. The average Bonchev–Trinajstić information content (AvgIpc) is 2.79. The molecule has 1 aromatic rings. The number of aryl methyl sites for hydroxylation is 1. The minimum atomic E-state index is 0.348. The van der Waals surface area contributed by atoms with Crippen molar-refractivity contribution in [1.82, 2.24) is 4.90 Å². The zero-order chi connectivity index (χ0) is 12.1. The van der Waals surface area contributed by atoms with Crippen LogP contribution in [0.15, 0.2) is 30.3 Å². The van der Waals surface area contributed by atoms with Crippen molar-refractivity contribution in [3.05, 3.63) is 35.9 Å².